The summed E-state index contributed by atoms with van der Waals surface area (Å²) in [6, 6.07) is 12.2. The second-order valence-electron chi connectivity index (χ2n) is 6.57. The van der Waals surface area contributed by atoms with Crippen LogP contribution in [0, 0.1) is 5.92 Å². The first-order chi connectivity index (χ1) is 14.1. The maximum atomic E-state index is 12.9. The highest BCUT2D eigenvalue weighted by Crippen LogP contribution is 2.41. The molecular formula is C21H21N3O5. The summed E-state index contributed by atoms with van der Waals surface area (Å²) in [4.78, 5) is 30.2. The molecule has 2 aromatic carbocycles. The van der Waals surface area contributed by atoms with Crippen molar-refractivity contribution in [2.75, 3.05) is 26.1 Å². The Balaban J connectivity index is 1.96. The van der Waals surface area contributed by atoms with Crippen LogP contribution >= 0.6 is 0 Å². The molecule has 0 spiro atoms. The van der Waals surface area contributed by atoms with E-state index in [1.165, 1.54) is 7.11 Å². The maximum absolute atomic E-state index is 12.9. The zero-order chi connectivity index (χ0) is 20.5. The number of methoxy groups -OCH3 is 2. The Kier molecular flexibility index (Phi) is 4.84. The van der Waals surface area contributed by atoms with Crippen LogP contribution in [0.3, 0.4) is 0 Å². The lowest BCUT2D eigenvalue weighted by atomic mass is 9.90. The van der Waals surface area contributed by atoms with Crippen LogP contribution in [0.15, 0.2) is 42.5 Å². The predicted molar refractivity (Wildman–Crippen MR) is 106 cm³/mol. The molecule has 0 saturated carbocycles. The van der Waals surface area contributed by atoms with E-state index in [1.54, 1.807) is 26.2 Å². The number of esters is 1. The van der Waals surface area contributed by atoms with E-state index in [9.17, 15) is 9.59 Å². The summed E-state index contributed by atoms with van der Waals surface area (Å²) in [7, 11) is 3.09. The highest BCUT2D eigenvalue weighted by molar-refractivity contribution is 6.07. The summed E-state index contributed by atoms with van der Waals surface area (Å²) in [5.41, 5.74) is 2.23. The molecule has 0 unspecified atom stereocenters. The fourth-order valence-electron chi connectivity index (χ4n) is 3.74. The predicted octanol–water partition coefficient (Wildman–Crippen LogP) is 2.77. The van der Waals surface area contributed by atoms with Gasteiger partial charge in [0, 0.05) is 0 Å². The van der Waals surface area contributed by atoms with E-state index in [1.807, 2.05) is 34.9 Å². The Labute approximate surface area is 167 Å². The molecule has 0 fully saturated rings. The Bertz CT molecular complexity index is 1090. The van der Waals surface area contributed by atoms with Gasteiger partial charge in [-0.05, 0) is 36.8 Å². The van der Waals surface area contributed by atoms with Crippen molar-refractivity contribution in [3.8, 4) is 11.5 Å². The van der Waals surface area contributed by atoms with Crippen LogP contribution in [0.1, 0.15) is 18.5 Å². The van der Waals surface area contributed by atoms with Crippen molar-refractivity contribution in [3.05, 3.63) is 48.0 Å². The van der Waals surface area contributed by atoms with Crippen molar-refractivity contribution in [3.63, 3.8) is 0 Å². The van der Waals surface area contributed by atoms with E-state index in [4.69, 9.17) is 14.2 Å². The number of carbonyl (C=O) groups excluding carboxylic acids is 2. The molecule has 150 valence electrons. The van der Waals surface area contributed by atoms with Gasteiger partial charge in [-0.2, -0.15) is 0 Å². The molecule has 1 aliphatic heterocycles. The molecule has 2 atom stereocenters. The largest absolute Gasteiger partial charge is 0.493 e. The van der Waals surface area contributed by atoms with Crippen LogP contribution in [0.5, 0.6) is 11.5 Å². The molecule has 0 radical (unpaired) electrons. The average Bonchev–Trinajstić information content (AvgIpc) is 3.10. The molecular weight excluding hydrogens is 374 g/mol. The zero-order valence-corrected chi connectivity index (χ0v) is 16.3. The smallest absolute Gasteiger partial charge is 0.321 e. The summed E-state index contributed by atoms with van der Waals surface area (Å²) in [5.74, 6) is -0.668. The number of nitrogens with zero attached hydrogens (tertiary/aromatic N) is 2. The number of benzene rings is 2. The third kappa shape index (κ3) is 3.06. The highest BCUT2D eigenvalue weighted by Gasteiger charge is 2.44. The lowest BCUT2D eigenvalue weighted by molar-refractivity contribution is -0.152. The molecule has 29 heavy (non-hydrogen) atoms. The van der Waals surface area contributed by atoms with Crippen LogP contribution in [0.2, 0.25) is 0 Å². The third-order valence-electron chi connectivity index (χ3n) is 5.00. The zero-order valence-electron chi connectivity index (χ0n) is 16.3. The Hall–Kier alpha value is -3.55. The number of imidazole rings is 1. The quantitative estimate of drug-likeness (QED) is 0.528. The first-order valence-corrected chi connectivity index (χ1v) is 9.25. The number of hydrogen-bond acceptors (Lipinski definition) is 6. The third-order valence-corrected chi connectivity index (χ3v) is 5.00. The van der Waals surface area contributed by atoms with Gasteiger partial charge in [-0.25, -0.2) is 4.98 Å². The van der Waals surface area contributed by atoms with Gasteiger partial charge in [-0.15, -0.1) is 0 Å². The van der Waals surface area contributed by atoms with Gasteiger partial charge in [-0.3, -0.25) is 14.9 Å². The lowest BCUT2D eigenvalue weighted by Gasteiger charge is -2.32. The fraction of sp³-hybridized carbons (Fsp3) is 0.286. The topological polar surface area (TPSA) is 91.7 Å². The first kappa shape index (κ1) is 18.8. The van der Waals surface area contributed by atoms with Gasteiger partial charge in [-0.1, -0.05) is 18.2 Å². The number of carbonyl (C=O) groups is 2. The highest BCUT2D eigenvalue weighted by atomic mass is 16.5. The summed E-state index contributed by atoms with van der Waals surface area (Å²) >= 11 is 0. The molecule has 1 aromatic heterocycles. The van der Waals surface area contributed by atoms with Crippen molar-refractivity contribution in [1.29, 1.82) is 0 Å². The molecule has 8 nitrogen and oxygen atoms in total. The fourth-order valence-corrected chi connectivity index (χ4v) is 3.74. The van der Waals surface area contributed by atoms with Gasteiger partial charge in [0.05, 0.1) is 37.9 Å². The Morgan fingerprint density at radius 2 is 1.90 bits per heavy atom. The molecule has 1 N–H and O–H groups in total. The van der Waals surface area contributed by atoms with E-state index < -0.39 is 23.8 Å². The molecule has 0 bridgehead atoms. The standard InChI is InChI=1S/C21H21N3O5/c1-4-29-20(26)17-18(12-9-10-15(27-2)16(11-12)28-3)24-14-8-6-5-7-13(14)22-21(24)23-19(17)25/h5-11,17-18H,4H2,1-3H3,(H,22,23,25)/t17-,18-/m1/s1. The van der Waals surface area contributed by atoms with Crippen molar-refractivity contribution < 1.29 is 23.8 Å². The van der Waals surface area contributed by atoms with Crippen LogP contribution in [0.25, 0.3) is 11.0 Å². The van der Waals surface area contributed by atoms with Crippen molar-refractivity contribution in [2.24, 2.45) is 5.92 Å². The Morgan fingerprint density at radius 3 is 2.62 bits per heavy atom. The average molecular weight is 395 g/mol. The second kappa shape index (κ2) is 7.46. The minimum Gasteiger partial charge on any atom is -0.493 e. The molecule has 1 aliphatic rings. The number of nitrogens with one attached hydrogen (secondary N) is 1. The molecule has 8 heteroatoms. The van der Waals surface area contributed by atoms with Gasteiger partial charge in [0.15, 0.2) is 17.4 Å². The SMILES string of the molecule is CCOC(=O)[C@H]1C(=O)Nc2nc3ccccc3n2[C@@H]1c1ccc(OC)c(OC)c1. The van der Waals surface area contributed by atoms with Crippen molar-refractivity contribution in [1.82, 2.24) is 9.55 Å². The van der Waals surface area contributed by atoms with Crippen molar-refractivity contribution in [2.45, 2.75) is 13.0 Å². The van der Waals surface area contributed by atoms with Gasteiger partial charge < -0.3 is 18.8 Å². The van der Waals surface area contributed by atoms with Crippen LogP contribution in [-0.4, -0.2) is 42.3 Å². The molecule has 4 rings (SSSR count). The monoisotopic (exact) mass is 395 g/mol. The summed E-state index contributed by atoms with van der Waals surface area (Å²) in [6.45, 7) is 1.89. The minimum absolute atomic E-state index is 0.179. The van der Waals surface area contributed by atoms with E-state index in [-0.39, 0.29) is 6.61 Å². The van der Waals surface area contributed by atoms with E-state index in [0.29, 0.717) is 23.0 Å². The lowest BCUT2D eigenvalue weighted by Crippen LogP contribution is -2.43. The molecule has 0 saturated heterocycles. The summed E-state index contributed by atoms with van der Waals surface area (Å²) in [6.07, 6.45) is 0. The number of amides is 1. The molecule has 0 aliphatic carbocycles. The molecule has 2 heterocycles. The number of aromatic nitrogens is 2. The summed E-state index contributed by atoms with van der Waals surface area (Å²) in [5, 5.41) is 2.75. The van der Waals surface area contributed by atoms with Crippen LogP contribution < -0.4 is 14.8 Å². The number of hydrogen-bond donors (Lipinski definition) is 1. The van der Waals surface area contributed by atoms with Gasteiger partial charge in [0.2, 0.25) is 11.9 Å². The minimum atomic E-state index is -1.07. The maximum Gasteiger partial charge on any atom is 0.321 e. The number of fused-ring (bicyclic) bond motifs is 3. The van der Waals surface area contributed by atoms with E-state index >= 15 is 0 Å². The normalized spacial score (nSPS) is 18.1. The van der Waals surface area contributed by atoms with E-state index in [0.717, 1.165) is 11.0 Å². The van der Waals surface area contributed by atoms with Gasteiger partial charge in [0.25, 0.3) is 0 Å². The van der Waals surface area contributed by atoms with Crippen LogP contribution in [0.4, 0.5) is 5.95 Å². The summed E-state index contributed by atoms with van der Waals surface area (Å²) < 4.78 is 17.8. The van der Waals surface area contributed by atoms with Crippen molar-refractivity contribution >= 4 is 28.9 Å². The number of anilines is 1. The first-order valence-electron chi connectivity index (χ1n) is 9.25. The van der Waals surface area contributed by atoms with E-state index in [2.05, 4.69) is 10.3 Å². The Morgan fingerprint density at radius 1 is 1.14 bits per heavy atom. The number of rotatable bonds is 5. The second-order valence-corrected chi connectivity index (χ2v) is 6.57. The van der Waals surface area contributed by atoms with Gasteiger partial charge in [0.1, 0.15) is 0 Å². The molecule has 3 aromatic rings. The van der Waals surface area contributed by atoms with Crippen LogP contribution in [-0.2, 0) is 14.3 Å². The number of ether oxygens (including phenoxy) is 3. The van der Waals surface area contributed by atoms with Gasteiger partial charge >= 0.3 is 5.97 Å². The molecule has 1 amide bonds. The number of para-hydroxylation sites is 2.